The van der Waals surface area contributed by atoms with Crippen LogP contribution in [0, 0.1) is 5.92 Å². The largest absolute Gasteiger partial charge is 0.396 e. The Morgan fingerprint density at radius 3 is 2.68 bits per heavy atom. The Kier molecular flexibility index (Phi) is 5.31. The van der Waals surface area contributed by atoms with Crippen molar-refractivity contribution in [3.63, 3.8) is 0 Å². The van der Waals surface area contributed by atoms with Crippen molar-refractivity contribution in [1.29, 1.82) is 0 Å². The highest BCUT2D eigenvalue weighted by Crippen LogP contribution is 2.42. The van der Waals surface area contributed by atoms with Gasteiger partial charge in [-0.3, -0.25) is 0 Å². The molecule has 4 unspecified atom stereocenters. The van der Waals surface area contributed by atoms with Crippen molar-refractivity contribution in [3.05, 3.63) is 35.4 Å². The third-order valence-corrected chi connectivity index (χ3v) is 5.69. The Morgan fingerprint density at radius 2 is 2.05 bits per heavy atom. The number of rotatable bonds is 5. The molecule has 0 saturated heterocycles. The van der Waals surface area contributed by atoms with E-state index in [1.807, 2.05) is 11.8 Å². The zero-order valence-electron chi connectivity index (χ0n) is 12.1. The fourth-order valence-corrected chi connectivity index (χ4v) is 4.48. The van der Waals surface area contributed by atoms with Crippen molar-refractivity contribution in [2.45, 2.75) is 37.5 Å². The summed E-state index contributed by atoms with van der Waals surface area (Å²) in [6.45, 7) is 4.73. The topological polar surface area (TPSA) is 32.3 Å². The zero-order chi connectivity index (χ0) is 13.8. The molecular formula is C16H25NOS. The van der Waals surface area contributed by atoms with E-state index in [1.54, 1.807) is 0 Å². The Hall–Kier alpha value is -0.510. The smallest absolute Gasteiger partial charge is 0.0464 e. The van der Waals surface area contributed by atoms with E-state index in [1.165, 1.54) is 17.5 Å². The lowest BCUT2D eigenvalue weighted by molar-refractivity contribution is 0.250. The molecule has 1 aliphatic carbocycles. The molecule has 2 rings (SSSR count). The molecule has 0 bridgehead atoms. The number of hydrogen-bond donors (Lipinski definition) is 2. The second-order valence-electron chi connectivity index (χ2n) is 5.69. The third kappa shape index (κ3) is 3.33. The summed E-state index contributed by atoms with van der Waals surface area (Å²) >= 11 is 2.01. The van der Waals surface area contributed by atoms with Crippen molar-refractivity contribution in [1.82, 2.24) is 5.32 Å². The normalized spacial score (nSPS) is 27.9. The number of aliphatic hydroxyl groups excluding tert-OH is 1. The number of fused-ring (bicyclic) bond motifs is 1. The summed E-state index contributed by atoms with van der Waals surface area (Å²) in [6.07, 6.45) is 1.21. The van der Waals surface area contributed by atoms with E-state index in [9.17, 15) is 0 Å². The van der Waals surface area contributed by atoms with Gasteiger partial charge in [0.2, 0.25) is 0 Å². The molecule has 0 heterocycles. The zero-order valence-corrected chi connectivity index (χ0v) is 12.9. The van der Waals surface area contributed by atoms with Crippen LogP contribution in [-0.2, 0) is 0 Å². The molecule has 0 spiro atoms. The van der Waals surface area contributed by atoms with Crippen molar-refractivity contribution in [3.8, 4) is 0 Å². The van der Waals surface area contributed by atoms with Crippen molar-refractivity contribution < 1.29 is 5.11 Å². The van der Waals surface area contributed by atoms with Gasteiger partial charge in [0.05, 0.1) is 0 Å². The van der Waals surface area contributed by atoms with Gasteiger partial charge in [-0.15, -0.1) is 0 Å². The van der Waals surface area contributed by atoms with Crippen LogP contribution in [0.25, 0.3) is 0 Å². The van der Waals surface area contributed by atoms with Crippen molar-refractivity contribution >= 4 is 11.8 Å². The lowest BCUT2D eigenvalue weighted by Crippen LogP contribution is -2.34. The Balaban J connectivity index is 2.14. The predicted octanol–water partition coefficient (Wildman–Crippen LogP) is 3.18. The Labute approximate surface area is 121 Å². The molecule has 2 nitrogen and oxygen atoms in total. The van der Waals surface area contributed by atoms with Gasteiger partial charge in [-0.25, -0.2) is 0 Å². The number of aliphatic hydroxyl groups is 1. The van der Waals surface area contributed by atoms with Crippen LogP contribution in [0.15, 0.2) is 24.3 Å². The van der Waals surface area contributed by atoms with Gasteiger partial charge in [-0.05, 0) is 42.2 Å². The molecule has 0 saturated carbocycles. The van der Waals surface area contributed by atoms with Crippen LogP contribution >= 0.6 is 11.8 Å². The maximum Gasteiger partial charge on any atom is 0.0464 e. The molecule has 0 fully saturated rings. The van der Waals surface area contributed by atoms with E-state index in [2.05, 4.69) is 50.5 Å². The summed E-state index contributed by atoms with van der Waals surface area (Å²) < 4.78 is 0. The van der Waals surface area contributed by atoms with Crippen LogP contribution in [0.2, 0.25) is 0 Å². The van der Waals surface area contributed by atoms with E-state index < -0.39 is 0 Å². The molecule has 0 amide bonds. The first-order valence-electron chi connectivity index (χ1n) is 7.16. The quantitative estimate of drug-likeness (QED) is 0.868. The van der Waals surface area contributed by atoms with Gasteiger partial charge in [0.1, 0.15) is 0 Å². The summed E-state index contributed by atoms with van der Waals surface area (Å²) in [5.74, 6) is 2.05. The lowest BCUT2D eigenvalue weighted by atomic mass is 9.81. The van der Waals surface area contributed by atoms with Gasteiger partial charge in [0.25, 0.3) is 0 Å². The van der Waals surface area contributed by atoms with E-state index in [4.69, 9.17) is 5.11 Å². The molecule has 106 valence electrons. The van der Waals surface area contributed by atoms with Crippen LogP contribution in [0.3, 0.4) is 0 Å². The van der Waals surface area contributed by atoms with Gasteiger partial charge < -0.3 is 10.4 Å². The van der Waals surface area contributed by atoms with Crippen LogP contribution in [0.1, 0.15) is 43.4 Å². The average Bonchev–Trinajstić information content (AvgIpc) is 2.45. The highest BCUT2D eigenvalue weighted by molar-refractivity contribution is 7.99. The fourth-order valence-electron chi connectivity index (χ4n) is 2.90. The minimum atomic E-state index is 0.288. The second-order valence-corrected chi connectivity index (χ2v) is 6.96. The molecule has 0 radical (unpaired) electrons. The van der Waals surface area contributed by atoms with Gasteiger partial charge in [-0.2, -0.15) is 11.8 Å². The maximum absolute atomic E-state index is 9.17. The molecule has 0 aromatic heterocycles. The lowest BCUT2D eigenvalue weighted by Gasteiger charge is -2.37. The van der Waals surface area contributed by atoms with Gasteiger partial charge in [-0.1, -0.05) is 38.1 Å². The molecule has 4 atom stereocenters. The Bertz CT molecular complexity index is 409. The first-order chi connectivity index (χ1) is 9.17. The molecule has 1 aromatic rings. The van der Waals surface area contributed by atoms with Crippen molar-refractivity contribution in [2.75, 3.05) is 19.4 Å². The highest BCUT2D eigenvalue weighted by Gasteiger charge is 2.32. The average molecular weight is 279 g/mol. The van der Waals surface area contributed by atoms with Crippen LogP contribution in [-0.4, -0.2) is 29.8 Å². The number of hydrogen-bond acceptors (Lipinski definition) is 3. The Morgan fingerprint density at radius 1 is 1.37 bits per heavy atom. The molecular weight excluding hydrogens is 254 g/mol. The second kappa shape index (κ2) is 6.78. The monoisotopic (exact) mass is 279 g/mol. The minimum Gasteiger partial charge on any atom is -0.396 e. The van der Waals surface area contributed by atoms with Gasteiger partial charge >= 0.3 is 0 Å². The summed E-state index contributed by atoms with van der Waals surface area (Å²) in [5, 5.41) is 13.3. The van der Waals surface area contributed by atoms with Crippen LogP contribution in [0.4, 0.5) is 0 Å². The molecule has 19 heavy (non-hydrogen) atoms. The minimum absolute atomic E-state index is 0.288. The van der Waals surface area contributed by atoms with E-state index in [0.717, 1.165) is 5.75 Å². The van der Waals surface area contributed by atoms with Gasteiger partial charge in [0.15, 0.2) is 0 Å². The number of thioether (sulfide) groups is 1. The summed E-state index contributed by atoms with van der Waals surface area (Å²) in [7, 11) is 2.06. The van der Waals surface area contributed by atoms with Crippen LogP contribution in [0.5, 0.6) is 0 Å². The summed E-state index contributed by atoms with van der Waals surface area (Å²) in [4.78, 5) is 0. The SMILES string of the molecule is CNC1c2ccccc2C(C)CC1SCC(C)CO. The molecule has 0 aliphatic heterocycles. The third-order valence-electron chi connectivity index (χ3n) is 4.04. The standard InChI is InChI=1S/C16H25NOS/c1-11(9-18)10-19-15-8-12(2)13-6-4-5-7-14(13)16(15)17-3/h4-7,11-12,15-18H,8-10H2,1-3H3. The molecule has 1 aliphatic rings. The van der Waals surface area contributed by atoms with Crippen molar-refractivity contribution in [2.24, 2.45) is 5.92 Å². The predicted molar refractivity (Wildman–Crippen MR) is 83.8 cm³/mol. The van der Waals surface area contributed by atoms with E-state index >= 15 is 0 Å². The van der Waals surface area contributed by atoms with E-state index in [-0.39, 0.29) is 6.61 Å². The van der Waals surface area contributed by atoms with E-state index in [0.29, 0.717) is 23.1 Å². The number of nitrogens with one attached hydrogen (secondary N) is 1. The van der Waals surface area contributed by atoms with Gasteiger partial charge in [0, 0.05) is 17.9 Å². The molecule has 2 N–H and O–H groups in total. The summed E-state index contributed by atoms with van der Waals surface area (Å²) in [6, 6.07) is 9.24. The molecule has 1 aromatic carbocycles. The number of benzene rings is 1. The fraction of sp³-hybridized carbons (Fsp3) is 0.625. The first kappa shape index (κ1) is 14.9. The maximum atomic E-state index is 9.17. The highest BCUT2D eigenvalue weighted by atomic mass is 32.2. The summed E-state index contributed by atoms with van der Waals surface area (Å²) in [5.41, 5.74) is 2.95. The first-order valence-corrected chi connectivity index (χ1v) is 8.20. The van der Waals surface area contributed by atoms with Crippen LogP contribution < -0.4 is 5.32 Å². The molecule has 3 heteroatoms.